The monoisotopic (exact) mass is 333 g/mol. The lowest BCUT2D eigenvalue weighted by molar-refractivity contribution is 0.251. The number of nitrogens with zero attached hydrogens (tertiary/aromatic N) is 1. The highest BCUT2D eigenvalue weighted by Gasteiger charge is 2.05. The molecule has 0 fully saturated rings. The van der Waals surface area contributed by atoms with Gasteiger partial charge in [0.25, 0.3) is 0 Å². The minimum atomic E-state index is -0.197. The zero-order valence-electron chi connectivity index (χ0n) is 14.4. The van der Waals surface area contributed by atoms with Crippen LogP contribution in [0.25, 0.3) is 0 Å². The van der Waals surface area contributed by atoms with Crippen LogP contribution in [-0.4, -0.2) is 10.6 Å². The van der Waals surface area contributed by atoms with Crippen molar-refractivity contribution in [1.29, 1.82) is 0 Å². The number of nitrogens with one attached hydrogen (secondary N) is 2. The first-order valence-electron chi connectivity index (χ1n) is 8.56. The molecule has 0 aliphatic carbocycles. The Morgan fingerprint density at radius 2 is 1.68 bits per heavy atom. The number of hydrogen-bond acceptors (Lipinski definition) is 1. The van der Waals surface area contributed by atoms with Gasteiger partial charge in [-0.25, -0.2) is 4.79 Å². The average molecular weight is 333 g/mol. The molecule has 0 bridgehead atoms. The lowest BCUT2D eigenvalue weighted by atomic mass is 10.1. The van der Waals surface area contributed by atoms with Gasteiger partial charge < -0.3 is 15.2 Å². The van der Waals surface area contributed by atoms with Crippen LogP contribution in [-0.2, 0) is 19.5 Å². The number of carbonyl (C=O) groups excluding carboxylic acids is 1. The Balaban J connectivity index is 1.54. The van der Waals surface area contributed by atoms with Crippen LogP contribution in [0.5, 0.6) is 0 Å². The number of aryl methyl sites for hydroxylation is 1. The summed E-state index contributed by atoms with van der Waals surface area (Å²) in [6.07, 6.45) is 3.02. The molecule has 0 radical (unpaired) electrons. The predicted octanol–water partition coefficient (Wildman–Crippen LogP) is 4.42. The Labute approximate surface area is 148 Å². The van der Waals surface area contributed by atoms with Crippen LogP contribution in [0.3, 0.4) is 0 Å². The third-order valence-corrected chi connectivity index (χ3v) is 4.17. The molecule has 0 spiro atoms. The number of carbonyl (C=O) groups is 1. The van der Waals surface area contributed by atoms with Crippen molar-refractivity contribution in [2.75, 3.05) is 5.32 Å². The number of aromatic nitrogens is 1. The topological polar surface area (TPSA) is 46.1 Å². The van der Waals surface area contributed by atoms with E-state index in [2.05, 4.69) is 34.3 Å². The van der Waals surface area contributed by atoms with E-state index >= 15 is 0 Å². The largest absolute Gasteiger partial charge is 0.345 e. The highest BCUT2D eigenvalue weighted by atomic mass is 16.2. The molecule has 0 saturated carbocycles. The number of anilines is 1. The third kappa shape index (κ3) is 4.73. The van der Waals surface area contributed by atoms with Crippen molar-refractivity contribution in [1.82, 2.24) is 9.88 Å². The zero-order chi connectivity index (χ0) is 17.5. The van der Waals surface area contributed by atoms with Gasteiger partial charge in [-0.1, -0.05) is 49.4 Å². The van der Waals surface area contributed by atoms with E-state index in [4.69, 9.17) is 0 Å². The van der Waals surface area contributed by atoms with E-state index in [0.717, 1.165) is 24.3 Å². The van der Waals surface area contributed by atoms with Gasteiger partial charge in [0.1, 0.15) is 0 Å². The smallest absolute Gasteiger partial charge is 0.319 e. The molecule has 2 amide bonds. The minimum absolute atomic E-state index is 0.197. The molecule has 128 valence electrons. The fraction of sp³-hybridized carbons (Fsp3) is 0.190. The van der Waals surface area contributed by atoms with E-state index in [-0.39, 0.29) is 6.03 Å². The Morgan fingerprint density at radius 3 is 2.40 bits per heavy atom. The minimum Gasteiger partial charge on any atom is -0.345 e. The van der Waals surface area contributed by atoms with Crippen LogP contribution in [0.15, 0.2) is 72.9 Å². The average Bonchev–Trinajstić information content (AvgIpc) is 3.08. The van der Waals surface area contributed by atoms with E-state index in [1.165, 1.54) is 11.1 Å². The standard InChI is InChI=1S/C21H23N3O/c1-2-17-10-12-19(13-11-17)23-21(25)22-15-20-9-6-14-24(20)16-18-7-4-3-5-8-18/h3-14H,2,15-16H2,1H3,(H2,22,23,25). The van der Waals surface area contributed by atoms with Crippen molar-refractivity contribution in [2.45, 2.75) is 26.4 Å². The van der Waals surface area contributed by atoms with Gasteiger partial charge >= 0.3 is 6.03 Å². The second kappa shape index (κ2) is 8.20. The second-order valence-electron chi connectivity index (χ2n) is 5.97. The maximum Gasteiger partial charge on any atom is 0.319 e. The molecule has 4 heteroatoms. The van der Waals surface area contributed by atoms with E-state index < -0.39 is 0 Å². The SMILES string of the molecule is CCc1ccc(NC(=O)NCc2cccn2Cc2ccccc2)cc1. The molecular formula is C21H23N3O. The molecule has 0 aliphatic heterocycles. The highest BCUT2D eigenvalue weighted by Crippen LogP contribution is 2.10. The first-order chi connectivity index (χ1) is 12.2. The van der Waals surface area contributed by atoms with Gasteiger partial charge in [0.2, 0.25) is 0 Å². The summed E-state index contributed by atoms with van der Waals surface area (Å²) in [7, 11) is 0. The molecule has 4 nitrogen and oxygen atoms in total. The van der Waals surface area contributed by atoms with Gasteiger partial charge in [0.05, 0.1) is 6.54 Å². The summed E-state index contributed by atoms with van der Waals surface area (Å²) in [5.41, 5.74) is 4.36. The van der Waals surface area contributed by atoms with Gasteiger partial charge in [0, 0.05) is 24.1 Å². The van der Waals surface area contributed by atoms with Crippen LogP contribution in [0, 0.1) is 0 Å². The summed E-state index contributed by atoms with van der Waals surface area (Å²) in [6.45, 7) is 3.39. The summed E-state index contributed by atoms with van der Waals surface area (Å²) >= 11 is 0. The van der Waals surface area contributed by atoms with Crippen LogP contribution >= 0.6 is 0 Å². The molecule has 1 aromatic heterocycles. The predicted molar refractivity (Wildman–Crippen MR) is 102 cm³/mol. The van der Waals surface area contributed by atoms with Gasteiger partial charge in [-0.05, 0) is 41.8 Å². The van der Waals surface area contributed by atoms with Crippen molar-refractivity contribution in [3.05, 3.63) is 89.7 Å². The van der Waals surface area contributed by atoms with Crippen LogP contribution in [0.1, 0.15) is 23.7 Å². The summed E-state index contributed by atoms with van der Waals surface area (Å²) < 4.78 is 2.14. The first-order valence-corrected chi connectivity index (χ1v) is 8.56. The van der Waals surface area contributed by atoms with Crippen molar-refractivity contribution < 1.29 is 4.79 Å². The molecule has 2 N–H and O–H groups in total. The second-order valence-corrected chi connectivity index (χ2v) is 5.97. The summed E-state index contributed by atoms with van der Waals surface area (Å²) in [6, 6.07) is 22.0. The fourth-order valence-electron chi connectivity index (χ4n) is 2.71. The first kappa shape index (κ1) is 16.8. The summed E-state index contributed by atoms with van der Waals surface area (Å²) in [5, 5.41) is 5.78. The lowest BCUT2D eigenvalue weighted by Gasteiger charge is -2.11. The van der Waals surface area contributed by atoms with Gasteiger partial charge in [-0.15, -0.1) is 0 Å². The fourth-order valence-corrected chi connectivity index (χ4v) is 2.71. The van der Waals surface area contributed by atoms with Crippen LogP contribution < -0.4 is 10.6 Å². The number of benzene rings is 2. The Hall–Kier alpha value is -3.01. The number of hydrogen-bond donors (Lipinski definition) is 2. The molecule has 0 aliphatic rings. The number of amides is 2. The number of rotatable bonds is 6. The molecule has 3 aromatic rings. The van der Waals surface area contributed by atoms with Crippen molar-refractivity contribution in [3.8, 4) is 0 Å². The molecular weight excluding hydrogens is 310 g/mol. The molecule has 25 heavy (non-hydrogen) atoms. The molecule has 0 saturated heterocycles. The molecule has 1 heterocycles. The number of urea groups is 1. The molecule has 0 atom stereocenters. The maximum atomic E-state index is 12.1. The van der Waals surface area contributed by atoms with Crippen molar-refractivity contribution >= 4 is 11.7 Å². The third-order valence-electron chi connectivity index (χ3n) is 4.17. The zero-order valence-corrected chi connectivity index (χ0v) is 14.4. The summed E-state index contributed by atoms with van der Waals surface area (Å²) in [4.78, 5) is 12.1. The normalized spacial score (nSPS) is 10.4. The van der Waals surface area contributed by atoms with E-state index in [0.29, 0.717) is 6.54 Å². The Bertz CT molecular complexity index is 807. The highest BCUT2D eigenvalue weighted by molar-refractivity contribution is 5.89. The van der Waals surface area contributed by atoms with E-state index in [1.54, 1.807) is 0 Å². The molecule has 2 aromatic carbocycles. The van der Waals surface area contributed by atoms with Gasteiger partial charge in [-0.2, -0.15) is 0 Å². The maximum absolute atomic E-state index is 12.1. The molecule has 3 rings (SSSR count). The Kier molecular flexibility index (Phi) is 5.52. The molecule has 0 unspecified atom stereocenters. The van der Waals surface area contributed by atoms with Crippen molar-refractivity contribution in [2.24, 2.45) is 0 Å². The quantitative estimate of drug-likeness (QED) is 0.689. The van der Waals surface area contributed by atoms with Crippen molar-refractivity contribution in [3.63, 3.8) is 0 Å². The van der Waals surface area contributed by atoms with Gasteiger partial charge in [0.15, 0.2) is 0 Å². The van der Waals surface area contributed by atoms with Crippen LogP contribution in [0.2, 0.25) is 0 Å². The van der Waals surface area contributed by atoms with Crippen LogP contribution in [0.4, 0.5) is 10.5 Å². The van der Waals surface area contributed by atoms with E-state index in [1.807, 2.05) is 60.8 Å². The van der Waals surface area contributed by atoms with E-state index in [9.17, 15) is 4.79 Å². The Morgan fingerprint density at radius 1 is 0.920 bits per heavy atom. The van der Waals surface area contributed by atoms with Gasteiger partial charge in [-0.3, -0.25) is 0 Å². The lowest BCUT2D eigenvalue weighted by Crippen LogP contribution is -2.29. The summed E-state index contributed by atoms with van der Waals surface area (Å²) in [5.74, 6) is 0.